The van der Waals surface area contributed by atoms with Gasteiger partial charge in [0, 0.05) is 29.7 Å². The van der Waals surface area contributed by atoms with E-state index in [9.17, 15) is 18.0 Å². The molecule has 0 spiro atoms. The Morgan fingerprint density at radius 3 is 2.30 bits per heavy atom. The van der Waals surface area contributed by atoms with Crippen LogP contribution in [0.5, 0.6) is 11.5 Å². The summed E-state index contributed by atoms with van der Waals surface area (Å²) >= 11 is 0. The van der Waals surface area contributed by atoms with Crippen molar-refractivity contribution in [2.45, 2.75) is 13.1 Å². The number of benzene rings is 2. The summed E-state index contributed by atoms with van der Waals surface area (Å²) in [5, 5.41) is 1.85. The highest BCUT2D eigenvalue weighted by Gasteiger charge is 2.30. The number of methoxy groups -OCH3 is 2. The molecular weight excluding hydrogens is 439 g/mol. The zero-order valence-corrected chi connectivity index (χ0v) is 18.0. The van der Waals surface area contributed by atoms with E-state index in [1.807, 2.05) is 35.0 Å². The third-order valence-corrected chi connectivity index (χ3v) is 5.08. The summed E-state index contributed by atoms with van der Waals surface area (Å²) in [6.07, 6.45) is 0.534. The van der Waals surface area contributed by atoms with Crippen molar-refractivity contribution in [3.63, 3.8) is 0 Å². The van der Waals surface area contributed by atoms with E-state index >= 15 is 0 Å². The Kier molecular flexibility index (Phi) is 5.71. The minimum Gasteiger partial charge on any atom is -0.496 e. The van der Waals surface area contributed by atoms with E-state index in [4.69, 9.17) is 9.47 Å². The fourth-order valence-corrected chi connectivity index (χ4v) is 3.52. The number of amides is 1. The lowest BCUT2D eigenvalue weighted by atomic mass is 10.1. The Morgan fingerprint density at radius 2 is 1.73 bits per heavy atom. The van der Waals surface area contributed by atoms with Crippen molar-refractivity contribution in [2.24, 2.45) is 0 Å². The first kappa shape index (κ1) is 22.2. The van der Waals surface area contributed by atoms with E-state index in [1.54, 1.807) is 35.6 Å². The second kappa shape index (κ2) is 8.49. The third kappa shape index (κ3) is 4.34. The monoisotopic (exact) mass is 459 g/mol. The van der Waals surface area contributed by atoms with Gasteiger partial charge in [0.25, 0.3) is 5.91 Å². The standard InChI is InChI=1S/C22H20F3N5O3/c1-13-9-26-11-29(13)14-4-5-17-16(6-14)28-12-30(17)15-7-18(32-2)20(19(8-15)33-3)21(31)27-10-22(23,24)25/h4-9,11-12H,10H2,1-3H3,(H,27,31). The van der Waals surface area contributed by atoms with Gasteiger partial charge < -0.3 is 19.4 Å². The Bertz CT molecular complexity index is 1300. The van der Waals surface area contributed by atoms with Crippen LogP contribution in [0.25, 0.3) is 22.4 Å². The lowest BCUT2D eigenvalue weighted by Crippen LogP contribution is -2.34. The third-order valence-electron chi connectivity index (χ3n) is 5.08. The van der Waals surface area contributed by atoms with E-state index < -0.39 is 18.6 Å². The second-order valence-electron chi connectivity index (χ2n) is 7.22. The number of alkyl halides is 3. The molecule has 0 bridgehead atoms. The zero-order chi connectivity index (χ0) is 23.8. The van der Waals surface area contributed by atoms with Gasteiger partial charge in [-0.1, -0.05) is 0 Å². The van der Waals surface area contributed by atoms with Crippen molar-refractivity contribution < 1.29 is 27.4 Å². The average Bonchev–Trinajstić information content (AvgIpc) is 3.41. The van der Waals surface area contributed by atoms with Crippen LogP contribution in [0.1, 0.15) is 16.1 Å². The number of nitrogens with one attached hydrogen (secondary N) is 1. The van der Waals surface area contributed by atoms with Crippen molar-refractivity contribution in [3.8, 4) is 22.9 Å². The maximum absolute atomic E-state index is 12.5. The van der Waals surface area contributed by atoms with Gasteiger partial charge >= 0.3 is 6.18 Å². The number of hydrogen-bond donors (Lipinski definition) is 1. The Morgan fingerprint density at radius 1 is 1.03 bits per heavy atom. The molecule has 0 saturated carbocycles. The molecule has 2 aromatic carbocycles. The molecule has 0 aliphatic rings. The second-order valence-corrected chi connectivity index (χ2v) is 7.22. The van der Waals surface area contributed by atoms with Gasteiger partial charge in [0.1, 0.15) is 29.9 Å². The van der Waals surface area contributed by atoms with Crippen LogP contribution in [-0.4, -0.2) is 51.9 Å². The highest BCUT2D eigenvalue weighted by atomic mass is 19.4. The molecule has 0 saturated heterocycles. The summed E-state index contributed by atoms with van der Waals surface area (Å²) in [5.41, 5.74) is 3.79. The molecular formula is C22H20F3N5O3. The molecule has 0 radical (unpaired) electrons. The van der Waals surface area contributed by atoms with Crippen molar-refractivity contribution in [3.05, 3.63) is 60.4 Å². The first-order valence-electron chi connectivity index (χ1n) is 9.79. The highest BCUT2D eigenvalue weighted by molar-refractivity contribution is 6.00. The molecule has 1 N–H and O–H groups in total. The number of carbonyl (C=O) groups excluding carboxylic acids is 1. The molecule has 8 nitrogen and oxygen atoms in total. The van der Waals surface area contributed by atoms with Crippen LogP contribution in [0, 0.1) is 6.92 Å². The molecule has 0 fully saturated rings. The summed E-state index contributed by atoms with van der Waals surface area (Å²) in [6.45, 7) is 0.478. The molecule has 4 aromatic rings. The predicted octanol–water partition coefficient (Wildman–Crippen LogP) is 3.83. The van der Waals surface area contributed by atoms with Gasteiger partial charge in [0.05, 0.1) is 37.3 Å². The van der Waals surface area contributed by atoms with Crippen LogP contribution in [0.3, 0.4) is 0 Å². The molecule has 172 valence electrons. The minimum absolute atomic E-state index is 0.0662. The molecule has 2 aromatic heterocycles. The maximum Gasteiger partial charge on any atom is 0.405 e. The summed E-state index contributed by atoms with van der Waals surface area (Å²) in [6, 6.07) is 8.80. The molecule has 2 heterocycles. The molecule has 0 unspecified atom stereocenters. The highest BCUT2D eigenvalue weighted by Crippen LogP contribution is 2.34. The number of halogens is 3. The van der Waals surface area contributed by atoms with E-state index in [0.717, 1.165) is 16.9 Å². The van der Waals surface area contributed by atoms with Crippen LogP contribution >= 0.6 is 0 Å². The SMILES string of the molecule is COc1cc(-n2cnc3cc(-n4cncc4C)ccc32)cc(OC)c1C(=O)NCC(F)(F)F. The molecule has 0 atom stereocenters. The van der Waals surface area contributed by atoms with Crippen molar-refractivity contribution in [1.29, 1.82) is 0 Å². The van der Waals surface area contributed by atoms with Gasteiger partial charge in [-0.15, -0.1) is 0 Å². The first-order valence-corrected chi connectivity index (χ1v) is 9.79. The molecule has 1 amide bonds. The number of aryl methyl sites for hydroxylation is 1. The summed E-state index contributed by atoms with van der Waals surface area (Å²) in [7, 11) is 2.65. The summed E-state index contributed by atoms with van der Waals surface area (Å²) in [5.74, 6) is -0.823. The maximum atomic E-state index is 12.5. The van der Waals surface area contributed by atoms with Crippen LogP contribution in [-0.2, 0) is 0 Å². The number of ether oxygens (including phenoxy) is 2. The van der Waals surface area contributed by atoms with E-state index in [1.165, 1.54) is 14.2 Å². The number of rotatable bonds is 6. The van der Waals surface area contributed by atoms with E-state index in [0.29, 0.717) is 11.2 Å². The normalized spacial score (nSPS) is 11.6. The Labute approximate surface area is 186 Å². The lowest BCUT2D eigenvalue weighted by Gasteiger charge is -2.16. The van der Waals surface area contributed by atoms with Gasteiger partial charge in [-0.3, -0.25) is 9.36 Å². The molecule has 33 heavy (non-hydrogen) atoms. The number of aromatic nitrogens is 4. The number of imidazole rings is 2. The Hall–Kier alpha value is -4.02. The summed E-state index contributed by atoms with van der Waals surface area (Å²) < 4.78 is 51.9. The van der Waals surface area contributed by atoms with Gasteiger partial charge in [-0.05, 0) is 25.1 Å². The largest absolute Gasteiger partial charge is 0.496 e. The van der Waals surface area contributed by atoms with Crippen LogP contribution in [0.4, 0.5) is 13.2 Å². The predicted molar refractivity (Wildman–Crippen MR) is 114 cm³/mol. The van der Waals surface area contributed by atoms with Gasteiger partial charge in [-0.2, -0.15) is 13.2 Å². The topological polar surface area (TPSA) is 83.2 Å². The van der Waals surface area contributed by atoms with Gasteiger partial charge in [-0.25, -0.2) is 9.97 Å². The van der Waals surface area contributed by atoms with Crippen molar-refractivity contribution in [1.82, 2.24) is 24.4 Å². The van der Waals surface area contributed by atoms with Crippen LogP contribution in [0.15, 0.2) is 49.2 Å². The van der Waals surface area contributed by atoms with Crippen molar-refractivity contribution in [2.75, 3.05) is 20.8 Å². The average molecular weight is 459 g/mol. The number of carbonyl (C=O) groups is 1. The van der Waals surface area contributed by atoms with E-state index in [-0.39, 0.29) is 17.1 Å². The minimum atomic E-state index is -4.54. The molecule has 0 aliphatic heterocycles. The van der Waals surface area contributed by atoms with Gasteiger partial charge in [0.15, 0.2) is 0 Å². The number of fused-ring (bicyclic) bond motifs is 1. The van der Waals surface area contributed by atoms with Crippen LogP contribution < -0.4 is 14.8 Å². The number of nitrogens with zero attached hydrogens (tertiary/aromatic N) is 4. The van der Waals surface area contributed by atoms with Crippen LogP contribution in [0.2, 0.25) is 0 Å². The Balaban J connectivity index is 1.75. The smallest absolute Gasteiger partial charge is 0.405 e. The first-order chi connectivity index (χ1) is 15.7. The molecule has 4 rings (SSSR count). The zero-order valence-electron chi connectivity index (χ0n) is 18.0. The number of hydrogen-bond acceptors (Lipinski definition) is 5. The fraction of sp³-hybridized carbons (Fsp3) is 0.227. The molecule has 0 aliphatic carbocycles. The van der Waals surface area contributed by atoms with E-state index in [2.05, 4.69) is 9.97 Å². The summed E-state index contributed by atoms with van der Waals surface area (Å²) in [4.78, 5) is 21.0. The quantitative estimate of drug-likeness (QED) is 0.474. The molecule has 11 heteroatoms. The fourth-order valence-electron chi connectivity index (χ4n) is 3.52. The van der Waals surface area contributed by atoms with Gasteiger partial charge in [0.2, 0.25) is 0 Å². The van der Waals surface area contributed by atoms with Crippen molar-refractivity contribution >= 4 is 16.9 Å². The lowest BCUT2D eigenvalue weighted by molar-refractivity contribution is -0.123.